The number of rotatable bonds is 7. The molecule has 0 saturated carbocycles. The van der Waals surface area contributed by atoms with Crippen molar-refractivity contribution in [2.75, 3.05) is 6.61 Å². The molecule has 0 atom stereocenters. The summed E-state index contributed by atoms with van der Waals surface area (Å²) in [5.41, 5.74) is 2.62. The van der Waals surface area contributed by atoms with E-state index in [2.05, 4.69) is 6.92 Å². The van der Waals surface area contributed by atoms with Crippen LogP contribution in [0.1, 0.15) is 41.3 Å². The fourth-order valence-corrected chi connectivity index (χ4v) is 2.05. The molecule has 22 heavy (non-hydrogen) atoms. The van der Waals surface area contributed by atoms with Crippen LogP contribution in [0.15, 0.2) is 48.5 Å². The molecule has 2 aromatic carbocycles. The average Bonchev–Trinajstić information content (AvgIpc) is 2.55. The fraction of sp³-hybridized carbons (Fsp3) is 0.211. The van der Waals surface area contributed by atoms with E-state index in [-0.39, 0.29) is 0 Å². The van der Waals surface area contributed by atoms with E-state index in [1.54, 1.807) is 12.1 Å². The molecule has 0 saturated heterocycles. The topological polar surface area (TPSA) is 26.3 Å². The van der Waals surface area contributed by atoms with E-state index in [0.717, 1.165) is 36.3 Å². The molecule has 0 radical (unpaired) electrons. The molecule has 114 valence electrons. The van der Waals surface area contributed by atoms with Gasteiger partial charge in [0.05, 0.1) is 6.61 Å². The van der Waals surface area contributed by atoms with E-state index in [4.69, 9.17) is 16.3 Å². The van der Waals surface area contributed by atoms with Gasteiger partial charge in [-0.2, -0.15) is 0 Å². The summed E-state index contributed by atoms with van der Waals surface area (Å²) in [4.78, 5) is 11.0. The predicted octanol–water partition coefficient (Wildman–Crippen LogP) is 5.41. The summed E-state index contributed by atoms with van der Waals surface area (Å²) >= 11 is 5.42. The van der Waals surface area contributed by atoms with E-state index >= 15 is 0 Å². The molecule has 0 fully saturated rings. The maximum Gasteiger partial charge on any atom is 0.252 e. The zero-order valence-electron chi connectivity index (χ0n) is 12.6. The highest BCUT2D eigenvalue weighted by Crippen LogP contribution is 2.15. The lowest BCUT2D eigenvalue weighted by molar-refractivity contribution is 0.108. The molecule has 0 spiro atoms. The Bertz CT molecular complexity index is 627. The maximum atomic E-state index is 11.0. The molecule has 3 heteroatoms. The molecule has 2 aromatic rings. The number of halogens is 1. The van der Waals surface area contributed by atoms with Crippen LogP contribution in [0, 0.1) is 0 Å². The third kappa shape index (κ3) is 5.05. The van der Waals surface area contributed by atoms with Crippen LogP contribution in [-0.4, -0.2) is 11.8 Å². The molecule has 0 aromatic heterocycles. The lowest BCUT2D eigenvalue weighted by Gasteiger charge is -2.05. The van der Waals surface area contributed by atoms with Gasteiger partial charge < -0.3 is 4.74 Å². The summed E-state index contributed by atoms with van der Waals surface area (Å²) < 4.78 is 5.63. The van der Waals surface area contributed by atoms with Gasteiger partial charge in [0, 0.05) is 5.56 Å². The van der Waals surface area contributed by atoms with Crippen LogP contribution in [0.25, 0.3) is 12.2 Å². The Balaban J connectivity index is 1.96. The number of hydrogen-bond acceptors (Lipinski definition) is 2. The average molecular weight is 315 g/mol. The van der Waals surface area contributed by atoms with E-state index < -0.39 is 5.24 Å². The van der Waals surface area contributed by atoms with Crippen LogP contribution in [0.3, 0.4) is 0 Å². The zero-order chi connectivity index (χ0) is 15.8. The van der Waals surface area contributed by atoms with Crippen molar-refractivity contribution in [1.82, 2.24) is 0 Å². The quantitative estimate of drug-likeness (QED) is 0.388. The highest BCUT2D eigenvalue weighted by molar-refractivity contribution is 6.67. The summed E-state index contributed by atoms with van der Waals surface area (Å²) in [6.07, 6.45) is 6.22. The highest BCUT2D eigenvalue weighted by atomic mass is 35.5. The third-order valence-electron chi connectivity index (χ3n) is 3.25. The van der Waals surface area contributed by atoms with Crippen molar-refractivity contribution in [3.05, 3.63) is 65.2 Å². The van der Waals surface area contributed by atoms with Crippen molar-refractivity contribution in [2.24, 2.45) is 0 Å². The Morgan fingerprint density at radius 1 is 1.00 bits per heavy atom. The summed E-state index contributed by atoms with van der Waals surface area (Å²) in [6.45, 7) is 2.91. The minimum atomic E-state index is -0.436. The van der Waals surface area contributed by atoms with E-state index in [1.807, 2.05) is 48.6 Å². The number of ether oxygens (including phenoxy) is 1. The van der Waals surface area contributed by atoms with Gasteiger partial charge in [0.15, 0.2) is 0 Å². The minimum Gasteiger partial charge on any atom is -0.494 e. The van der Waals surface area contributed by atoms with Crippen LogP contribution in [0.4, 0.5) is 0 Å². The fourth-order valence-electron chi connectivity index (χ4n) is 1.93. The third-order valence-corrected chi connectivity index (χ3v) is 3.47. The Kier molecular flexibility index (Phi) is 6.23. The van der Waals surface area contributed by atoms with Gasteiger partial charge in [-0.3, -0.25) is 4.79 Å². The van der Waals surface area contributed by atoms with Gasteiger partial charge in [0.25, 0.3) is 5.24 Å². The molecular formula is C19H19ClO2. The van der Waals surface area contributed by atoms with Gasteiger partial charge in [0.1, 0.15) is 5.75 Å². The molecule has 0 N–H and O–H groups in total. The molecule has 2 nitrogen and oxygen atoms in total. The highest BCUT2D eigenvalue weighted by Gasteiger charge is 1.99. The smallest absolute Gasteiger partial charge is 0.252 e. The van der Waals surface area contributed by atoms with Crippen LogP contribution in [-0.2, 0) is 0 Å². The normalized spacial score (nSPS) is 10.8. The van der Waals surface area contributed by atoms with Crippen molar-refractivity contribution in [3.63, 3.8) is 0 Å². The van der Waals surface area contributed by atoms with Gasteiger partial charge in [-0.25, -0.2) is 0 Å². The molecule has 0 heterocycles. The predicted molar refractivity (Wildman–Crippen MR) is 92.4 cm³/mol. The van der Waals surface area contributed by atoms with Crippen molar-refractivity contribution < 1.29 is 9.53 Å². The standard InChI is InChI=1S/C19H19ClO2/c1-2-3-14-22-18-12-8-16(9-13-18)5-4-15-6-10-17(11-7-15)19(20)21/h4-13H,2-3,14H2,1H3/b5-4+. The van der Waals surface area contributed by atoms with Gasteiger partial charge in [-0.1, -0.05) is 49.8 Å². The maximum absolute atomic E-state index is 11.0. The molecule has 0 aliphatic heterocycles. The van der Waals surface area contributed by atoms with Crippen LogP contribution < -0.4 is 4.74 Å². The largest absolute Gasteiger partial charge is 0.494 e. The monoisotopic (exact) mass is 314 g/mol. The molecule has 0 aliphatic rings. The lowest BCUT2D eigenvalue weighted by Crippen LogP contribution is -1.95. The molecule has 0 unspecified atom stereocenters. The molecule has 0 amide bonds. The molecule has 2 rings (SSSR count). The van der Waals surface area contributed by atoms with Crippen molar-refractivity contribution >= 4 is 29.0 Å². The second-order valence-corrected chi connectivity index (χ2v) is 5.34. The first-order valence-electron chi connectivity index (χ1n) is 7.40. The molecular weight excluding hydrogens is 296 g/mol. The van der Waals surface area contributed by atoms with Gasteiger partial charge in [-0.15, -0.1) is 0 Å². The van der Waals surface area contributed by atoms with Crippen LogP contribution in [0.2, 0.25) is 0 Å². The molecule has 0 aliphatic carbocycles. The van der Waals surface area contributed by atoms with Crippen molar-refractivity contribution in [2.45, 2.75) is 19.8 Å². The Labute approximate surface area is 136 Å². The van der Waals surface area contributed by atoms with Crippen LogP contribution in [0.5, 0.6) is 5.75 Å². The number of hydrogen-bond donors (Lipinski definition) is 0. The first kappa shape index (κ1) is 16.3. The van der Waals surface area contributed by atoms with E-state index in [0.29, 0.717) is 5.56 Å². The van der Waals surface area contributed by atoms with Crippen molar-refractivity contribution in [3.8, 4) is 5.75 Å². The minimum absolute atomic E-state index is 0.436. The van der Waals surface area contributed by atoms with E-state index in [1.165, 1.54) is 0 Å². The summed E-state index contributed by atoms with van der Waals surface area (Å²) in [7, 11) is 0. The SMILES string of the molecule is CCCCOc1ccc(/C=C/c2ccc(C(=O)Cl)cc2)cc1. The Morgan fingerprint density at radius 3 is 2.05 bits per heavy atom. The van der Waals surface area contributed by atoms with Gasteiger partial charge >= 0.3 is 0 Å². The second-order valence-electron chi connectivity index (χ2n) is 5.00. The van der Waals surface area contributed by atoms with Crippen LogP contribution >= 0.6 is 11.6 Å². The summed E-state index contributed by atoms with van der Waals surface area (Å²) in [5.74, 6) is 0.899. The summed E-state index contributed by atoms with van der Waals surface area (Å²) in [5, 5.41) is -0.436. The Morgan fingerprint density at radius 2 is 1.55 bits per heavy atom. The first-order chi connectivity index (χ1) is 10.7. The van der Waals surface area contributed by atoms with Crippen molar-refractivity contribution in [1.29, 1.82) is 0 Å². The number of benzene rings is 2. The molecule has 0 bridgehead atoms. The van der Waals surface area contributed by atoms with E-state index in [9.17, 15) is 4.79 Å². The number of carbonyl (C=O) groups is 1. The number of unbranched alkanes of at least 4 members (excludes halogenated alkanes) is 1. The van der Waals surface area contributed by atoms with Gasteiger partial charge in [-0.05, 0) is 53.4 Å². The number of carbonyl (C=O) groups excluding carboxylic acids is 1. The summed E-state index contributed by atoms with van der Waals surface area (Å²) in [6, 6.07) is 15.2. The van der Waals surface area contributed by atoms with Gasteiger partial charge in [0.2, 0.25) is 0 Å². The second kappa shape index (κ2) is 8.40. The lowest BCUT2D eigenvalue weighted by atomic mass is 10.1. The first-order valence-corrected chi connectivity index (χ1v) is 7.77. The Hall–Kier alpha value is -2.06. The zero-order valence-corrected chi connectivity index (χ0v) is 13.3.